The van der Waals surface area contributed by atoms with Gasteiger partial charge in [-0.2, -0.15) is 0 Å². The summed E-state index contributed by atoms with van der Waals surface area (Å²) >= 11 is 0. The number of imidazole rings is 1. The summed E-state index contributed by atoms with van der Waals surface area (Å²) in [5.41, 5.74) is 1.09. The molecule has 1 heterocycles. The topological polar surface area (TPSA) is 59.0 Å². The second kappa shape index (κ2) is 7.20. The molecule has 0 aliphatic rings. The van der Waals surface area contributed by atoms with Gasteiger partial charge in [0.1, 0.15) is 0 Å². The van der Waals surface area contributed by atoms with Crippen LogP contribution in [0.4, 0.5) is 4.79 Å². The Morgan fingerprint density at radius 2 is 2.05 bits per heavy atom. The molecule has 2 rings (SSSR count). The van der Waals surface area contributed by atoms with E-state index in [4.69, 9.17) is 0 Å². The fraction of sp³-hybridized carbons (Fsp3) is 0.286. The Labute approximate surface area is 112 Å². The van der Waals surface area contributed by atoms with Gasteiger partial charge in [0.05, 0.1) is 6.33 Å². The molecule has 0 unspecified atom stereocenters. The maximum absolute atomic E-state index is 11.5. The van der Waals surface area contributed by atoms with Gasteiger partial charge in [0.25, 0.3) is 0 Å². The van der Waals surface area contributed by atoms with E-state index in [1.165, 1.54) is 0 Å². The van der Waals surface area contributed by atoms with E-state index in [0.717, 1.165) is 18.5 Å². The maximum Gasteiger partial charge on any atom is 0.315 e. The molecule has 0 aliphatic carbocycles. The molecule has 100 valence electrons. The second-order valence-corrected chi connectivity index (χ2v) is 4.25. The van der Waals surface area contributed by atoms with Gasteiger partial charge in [0.2, 0.25) is 0 Å². The molecule has 0 radical (unpaired) electrons. The number of carbonyl (C=O) groups excluding carboxylic acids is 1. The van der Waals surface area contributed by atoms with Crippen molar-refractivity contribution in [1.82, 2.24) is 20.2 Å². The zero-order chi connectivity index (χ0) is 13.3. The SMILES string of the molecule is O=C(NCCCn1ccnc1)NCc1ccccc1. The Hall–Kier alpha value is -2.30. The molecule has 0 saturated carbocycles. The lowest BCUT2D eigenvalue weighted by molar-refractivity contribution is 0.240. The number of urea groups is 1. The fourth-order valence-electron chi connectivity index (χ4n) is 1.72. The van der Waals surface area contributed by atoms with E-state index < -0.39 is 0 Å². The van der Waals surface area contributed by atoms with Crippen LogP contribution < -0.4 is 10.6 Å². The largest absolute Gasteiger partial charge is 0.338 e. The summed E-state index contributed by atoms with van der Waals surface area (Å²) in [6.07, 6.45) is 6.32. The minimum absolute atomic E-state index is 0.130. The summed E-state index contributed by atoms with van der Waals surface area (Å²) < 4.78 is 1.99. The summed E-state index contributed by atoms with van der Waals surface area (Å²) in [6, 6.07) is 9.72. The molecule has 2 aromatic rings. The van der Waals surface area contributed by atoms with Crippen LogP contribution in [-0.2, 0) is 13.1 Å². The van der Waals surface area contributed by atoms with E-state index in [0.29, 0.717) is 13.1 Å². The van der Waals surface area contributed by atoms with Crippen molar-refractivity contribution >= 4 is 6.03 Å². The highest BCUT2D eigenvalue weighted by atomic mass is 16.2. The van der Waals surface area contributed by atoms with Crippen LogP contribution in [0, 0.1) is 0 Å². The zero-order valence-corrected chi connectivity index (χ0v) is 10.7. The van der Waals surface area contributed by atoms with Gasteiger partial charge >= 0.3 is 6.03 Å². The number of nitrogens with one attached hydrogen (secondary N) is 2. The molecular weight excluding hydrogens is 240 g/mol. The monoisotopic (exact) mass is 258 g/mol. The molecule has 0 fully saturated rings. The van der Waals surface area contributed by atoms with Crippen molar-refractivity contribution in [2.24, 2.45) is 0 Å². The number of amides is 2. The van der Waals surface area contributed by atoms with E-state index in [1.54, 1.807) is 12.5 Å². The fourth-order valence-corrected chi connectivity index (χ4v) is 1.72. The van der Waals surface area contributed by atoms with Crippen molar-refractivity contribution in [3.05, 3.63) is 54.6 Å². The first kappa shape index (κ1) is 13.1. The van der Waals surface area contributed by atoms with Gasteiger partial charge in [-0.05, 0) is 12.0 Å². The van der Waals surface area contributed by atoms with E-state index >= 15 is 0 Å². The van der Waals surface area contributed by atoms with Gasteiger partial charge in [0, 0.05) is 32.0 Å². The highest BCUT2D eigenvalue weighted by Crippen LogP contribution is 1.96. The molecule has 1 aromatic heterocycles. The third-order valence-corrected chi connectivity index (χ3v) is 2.73. The normalized spacial score (nSPS) is 10.1. The molecule has 2 amide bonds. The molecule has 0 spiro atoms. The van der Waals surface area contributed by atoms with Crippen LogP contribution in [0.5, 0.6) is 0 Å². The van der Waals surface area contributed by atoms with Crippen molar-refractivity contribution in [3.8, 4) is 0 Å². The van der Waals surface area contributed by atoms with Crippen molar-refractivity contribution in [2.75, 3.05) is 6.54 Å². The van der Waals surface area contributed by atoms with Crippen LogP contribution in [0.3, 0.4) is 0 Å². The number of aryl methyl sites for hydroxylation is 1. The predicted molar refractivity (Wildman–Crippen MR) is 73.5 cm³/mol. The number of nitrogens with zero attached hydrogens (tertiary/aromatic N) is 2. The van der Waals surface area contributed by atoms with Crippen LogP contribution in [0.1, 0.15) is 12.0 Å². The molecule has 19 heavy (non-hydrogen) atoms. The number of hydrogen-bond donors (Lipinski definition) is 2. The quantitative estimate of drug-likeness (QED) is 0.776. The molecular formula is C14H18N4O. The first-order chi connectivity index (χ1) is 9.34. The molecule has 0 atom stereocenters. The lowest BCUT2D eigenvalue weighted by Crippen LogP contribution is -2.35. The standard InChI is InChI=1S/C14H18N4O/c19-14(17-11-13-5-2-1-3-6-13)16-7-4-9-18-10-8-15-12-18/h1-3,5-6,8,10,12H,4,7,9,11H2,(H2,16,17,19). The van der Waals surface area contributed by atoms with Gasteiger partial charge in [0.15, 0.2) is 0 Å². The van der Waals surface area contributed by atoms with E-state index in [-0.39, 0.29) is 6.03 Å². The molecule has 0 bridgehead atoms. The number of hydrogen-bond acceptors (Lipinski definition) is 2. The Bertz CT molecular complexity index is 481. The average Bonchev–Trinajstić information content (AvgIpc) is 2.96. The van der Waals surface area contributed by atoms with Gasteiger partial charge in [-0.25, -0.2) is 9.78 Å². The lowest BCUT2D eigenvalue weighted by atomic mass is 10.2. The summed E-state index contributed by atoms with van der Waals surface area (Å²) in [6.45, 7) is 2.06. The number of carbonyl (C=O) groups is 1. The van der Waals surface area contributed by atoms with Crippen LogP contribution in [0.2, 0.25) is 0 Å². The Kier molecular flexibility index (Phi) is 4.98. The third kappa shape index (κ3) is 4.83. The smallest absolute Gasteiger partial charge is 0.315 e. The Morgan fingerprint density at radius 1 is 1.21 bits per heavy atom. The van der Waals surface area contributed by atoms with Crippen molar-refractivity contribution in [1.29, 1.82) is 0 Å². The Balaban J connectivity index is 1.57. The first-order valence-corrected chi connectivity index (χ1v) is 6.36. The summed E-state index contributed by atoms with van der Waals surface area (Å²) in [5, 5.41) is 5.65. The summed E-state index contributed by atoms with van der Waals surface area (Å²) in [5.74, 6) is 0. The van der Waals surface area contributed by atoms with Gasteiger partial charge in [-0.3, -0.25) is 0 Å². The van der Waals surface area contributed by atoms with Crippen molar-refractivity contribution in [2.45, 2.75) is 19.5 Å². The summed E-state index contributed by atoms with van der Waals surface area (Å²) in [4.78, 5) is 15.5. The molecule has 5 heteroatoms. The molecule has 2 N–H and O–H groups in total. The van der Waals surface area contributed by atoms with Crippen LogP contribution in [0.25, 0.3) is 0 Å². The molecule has 0 aliphatic heterocycles. The predicted octanol–water partition coefficient (Wildman–Crippen LogP) is 1.77. The Morgan fingerprint density at radius 3 is 2.79 bits per heavy atom. The van der Waals surface area contributed by atoms with E-state index in [9.17, 15) is 4.79 Å². The minimum Gasteiger partial charge on any atom is -0.338 e. The number of rotatable bonds is 6. The first-order valence-electron chi connectivity index (χ1n) is 6.36. The number of benzene rings is 1. The van der Waals surface area contributed by atoms with E-state index in [2.05, 4.69) is 15.6 Å². The van der Waals surface area contributed by atoms with Gasteiger partial charge < -0.3 is 15.2 Å². The number of aromatic nitrogens is 2. The van der Waals surface area contributed by atoms with Crippen molar-refractivity contribution < 1.29 is 4.79 Å². The summed E-state index contributed by atoms with van der Waals surface area (Å²) in [7, 11) is 0. The van der Waals surface area contributed by atoms with Crippen LogP contribution in [0.15, 0.2) is 49.1 Å². The van der Waals surface area contributed by atoms with Crippen LogP contribution in [-0.4, -0.2) is 22.1 Å². The van der Waals surface area contributed by atoms with E-state index in [1.807, 2.05) is 41.1 Å². The lowest BCUT2D eigenvalue weighted by Gasteiger charge is -2.07. The highest BCUT2D eigenvalue weighted by Gasteiger charge is 1.99. The molecule has 5 nitrogen and oxygen atoms in total. The maximum atomic E-state index is 11.5. The van der Waals surface area contributed by atoms with Crippen molar-refractivity contribution in [3.63, 3.8) is 0 Å². The van der Waals surface area contributed by atoms with Gasteiger partial charge in [-0.1, -0.05) is 30.3 Å². The van der Waals surface area contributed by atoms with Crippen LogP contribution >= 0.6 is 0 Å². The molecule has 0 saturated heterocycles. The minimum atomic E-state index is -0.130. The molecule has 1 aromatic carbocycles. The van der Waals surface area contributed by atoms with Gasteiger partial charge in [-0.15, -0.1) is 0 Å². The second-order valence-electron chi connectivity index (χ2n) is 4.25. The zero-order valence-electron chi connectivity index (χ0n) is 10.7. The average molecular weight is 258 g/mol. The highest BCUT2D eigenvalue weighted by molar-refractivity contribution is 5.73. The third-order valence-electron chi connectivity index (χ3n) is 2.73.